The highest BCUT2D eigenvalue weighted by Crippen LogP contribution is 2.32. The van der Waals surface area contributed by atoms with Crippen LogP contribution in [0.3, 0.4) is 0 Å². The Kier molecular flexibility index (Phi) is 6.67. The average Bonchev–Trinajstić information content (AvgIpc) is 2.82. The third-order valence-electron chi connectivity index (χ3n) is 4.78. The summed E-state index contributed by atoms with van der Waals surface area (Å²) in [4.78, 5) is 26.5. The summed E-state index contributed by atoms with van der Waals surface area (Å²) in [5, 5.41) is 3.58. The van der Waals surface area contributed by atoms with Crippen LogP contribution >= 0.6 is 0 Å². The molecule has 0 atom stereocenters. The molecule has 4 rings (SSSR count). The van der Waals surface area contributed by atoms with E-state index in [2.05, 4.69) is 25.0 Å². The minimum Gasteiger partial charge on any atom is -0.484 e. The smallest absolute Gasteiger partial charge is 0.484 e. The van der Waals surface area contributed by atoms with Crippen molar-refractivity contribution >= 4 is 28.3 Å². The summed E-state index contributed by atoms with van der Waals surface area (Å²) >= 11 is 0. The molecular weight excluding hydrogens is 463 g/mol. The number of likely N-dealkylation sites (N-methyl/N-ethyl adjacent to an activating group) is 1. The fourth-order valence-corrected chi connectivity index (χ4v) is 3.10. The van der Waals surface area contributed by atoms with Crippen molar-refractivity contribution < 1.29 is 27.4 Å². The second kappa shape index (κ2) is 9.84. The first-order valence-electron chi connectivity index (χ1n) is 10.4. The maximum Gasteiger partial charge on any atom is 0.573 e. The van der Waals surface area contributed by atoms with Crippen LogP contribution in [0.5, 0.6) is 11.5 Å². The van der Waals surface area contributed by atoms with Crippen LogP contribution in [0.2, 0.25) is 0 Å². The molecule has 0 aliphatic carbocycles. The van der Waals surface area contributed by atoms with Gasteiger partial charge < -0.3 is 19.7 Å². The van der Waals surface area contributed by atoms with Gasteiger partial charge in [-0.25, -0.2) is 9.97 Å². The summed E-state index contributed by atoms with van der Waals surface area (Å²) in [6, 6.07) is 14.0. The number of pyridine rings is 1. The summed E-state index contributed by atoms with van der Waals surface area (Å²) < 4.78 is 47.6. The number of benzene rings is 2. The van der Waals surface area contributed by atoms with E-state index >= 15 is 0 Å². The molecular formula is C24H20F3N5O3. The molecule has 0 unspecified atom stereocenters. The van der Waals surface area contributed by atoms with Crippen molar-refractivity contribution in [3.63, 3.8) is 0 Å². The molecule has 180 valence electrons. The van der Waals surface area contributed by atoms with Crippen molar-refractivity contribution in [2.75, 3.05) is 26.0 Å². The van der Waals surface area contributed by atoms with Gasteiger partial charge in [-0.3, -0.25) is 9.78 Å². The molecule has 0 saturated heterocycles. The summed E-state index contributed by atoms with van der Waals surface area (Å²) in [5.74, 6) is 0.505. The third kappa shape index (κ3) is 6.14. The molecule has 0 fully saturated rings. The van der Waals surface area contributed by atoms with Crippen molar-refractivity contribution in [1.29, 1.82) is 0 Å². The van der Waals surface area contributed by atoms with Gasteiger partial charge in [0.1, 0.15) is 17.3 Å². The Balaban J connectivity index is 1.74. The van der Waals surface area contributed by atoms with Crippen LogP contribution in [-0.2, 0) is 4.79 Å². The molecule has 0 spiro atoms. The monoisotopic (exact) mass is 483 g/mol. The van der Waals surface area contributed by atoms with Crippen LogP contribution in [0.15, 0.2) is 67.0 Å². The maximum absolute atomic E-state index is 12.7. The zero-order valence-corrected chi connectivity index (χ0v) is 18.7. The molecule has 1 amide bonds. The standard InChI is InChI=1S/C24H20F3N5O3/c1-32(2)21(33)14-34-17-8-9-20-19(12-17)23(31-22(30-20)15-5-4-10-28-13-15)29-16-6-3-7-18(11-16)35-24(25,26)27/h3-13H,14H2,1-2H3,(H,29,30,31). The second-order valence-corrected chi connectivity index (χ2v) is 7.59. The van der Waals surface area contributed by atoms with Gasteiger partial charge in [0.15, 0.2) is 12.4 Å². The Labute approximate surface area is 198 Å². The third-order valence-corrected chi connectivity index (χ3v) is 4.78. The Morgan fingerprint density at radius 2 is 1.86 bits per heavy atom. The molecule has 0 radical (unpaired) electrons. The number of nitrogens with one attached hydrogen (secondary N) is 1. The highest BCUT2D eigenvalue weighted by atomic mass is 19.4. The lowest BCUT2D eigenvalue weighted by Crippen LogP contribution is -2.27. The predicted molar refractivity (Wildman–Crippen MR) is 123 cm³/mol. The highest BCUT2D eigenvalue weighted by Gasteiger charge is 2.31. The number of carbonyl (C=O) groups is 1. The van der Waals surface area contributed by atoms with E-state index in [-0.39, 0.29) is 18.3 Å². The molecule has 4 aromatic rings. The molecule has 8 nitrogen and oxygen atoms in total. The number of hydrogen-bond donors (Lipinski definition) is 1. The Morgan fingerprint density at radius 1 is 1.03 bits per heavy atom. The maximum atomic E-state index is 12.7. The van der Waals surface area contributed by atoms with Crippen LogP contribution in [0.1, 0.15) is 0 Å². The fraction of sp³-hybridized carbons (Fsp3) is 0.167. The molecule has 0 aliphatic rings. The van der Waals surface area contributed by atoms with Crippen molar-refractivity contribution in [3.8, 4) is 22.9 Å². The second-order valence-electron chi connectivity index (χ2n) is 7.59. The normalized spacial score (nSPS) is 11.2. The van der Waals surface area contributed by atoms with Crippen LogP contribution in [0, 0.1) is 0 Å². The Bertz CT molecular complexity index is 1350. The zero-order valence-electron chi connectivity index (χ0n) is 18.7. The molecule has 2 aromatic heterocycles. The molecule has 0 saturated carbocycles. The van der Waals surface area contributed by atoms with Gasteiger partial charge in [-0.15, -0.1) is 13.2 Å². The minimum atomic E-state index is -4.82. The minimum absolute atomic E-state index is 0.160. The van der Waals surface area contributed by atoms with E-state index in [9.17, 15) is 18.0 Å². The predicted octanol–water partition coefficient (Wildman–Crippen LogP) is 4.80. The van der Waals surface area contributed by atoms with Gasteiger partial charge in [-0.1, -0.05) is 6.07 Å². The van der Waals surface area contributed by atoms with E-state index in [1.165, 1.54) is 23.1 Å². The average molecular weight is 483 g/mol. The number of ether oxygens (including phenoxy) is 2. The highest BCUT2D eigenvalue weighted by molar-refractivity contribution is 5.93. The SMILES string of the molecule is CN(C)C(=O)COc1ccc2nc(-c3cccnc3)nc(Nc3cccc(OC(F)(F)F)c3)c2c1. The van der Waals surface area contributed by atoms with Gasteiger partial charge in [0.05, 0.1) is 5.52 Å². The number of anilines is 2. The van der Waals surface area contributed by atoms with Crippen LogP contribution in [-0.4, -0.2) is 52.8 Å². The molecule has 1 N–H and O–H groups in total. The lowest BCUT2D eigenvalue weighted by Gasteiger charge is -2.15. The van der Waals surface area contributed by atoms with Gasteiger partial charge in [0.25, 0.3) is 5.91 Å². The van der Waals surface area contributed by atoms with Gasteiger partial charge in [0.2, 0.25) is 0 Å². The lowest BCUT2D eigenvalue weighted by molar-refractivity contribution is -0.274. The van der Waals surface area contributed by atoms with E-state index in [0.717, 1.165) is 0 Å². The molecule has 35 heavy (non-hydrogen) atoms. The molecule has 0 bridgehead atoms. The largest absolute Gasteiger partial charge is 0.573 e. The number of rotatable bonds is 7. The first-order valence-corrected chi connectivity index (χ1v) is 10.4. The topological polar surface area (TPSA) is 89.5 Å². The number of aromatic nitrogens is 3. The number of amides is 1. The van der Waals surface area contributed by atoms with E-state index in [1.807, 2.05) is 0 Å². The van der Waals surface area contributed by atoms with Gasteiger partial charge >= 0.3 is 6.36 Å². The van der Waals surface area contributed by atoms with Crippen LogP contribution < -0.4 is 14.8 Å². The number of carbonyl (C=O) groups excluding carboxylic acids is 1. The number of fused-ring (bicyclic) bond motifs is 1. The van der Waals surface area contributed by atoms with Crippen molar-refractivity contribution in [3.05, 3.63) is 67.0 Å². The molecule has 2 aromatic carbocycles. The van der Waals surface area contributed by atoms with Gasteiger partial charge in [0, 0.05) is 49.2 Å². The van der Waals surface area contributed by atoms with Crippen LogP contribution in [0.4, 0.5) is 24.7 Å². The molecule has 2 heterocycles. The first-order chi connectivity index (χ1) is 16.7. The molecule has 0 aliphatic heterocycles. The summed E-state index contributed by atoms with van der Waals surface area (Å²) in [6.07, 6.45) is -1.59. The van der Waals surface area contributed by atoms with Crippen molar-refractivity contribution in [1.82, 2.24) is 19.9 Å². The van der Waals surface area contributed by atoms with E-state index in [4.69, 9.17) is 4.74 Å². The number of hydrogen-bond acceptors (Lipinski definition) is 7. The first kappa shape index (κ1) is 23.7. The molecule has 11 heteroatoms. The summed E-state index contributed by atoms with van der Waals surface area (Å²) in [7, 11) is 3.25. The fourth-order valence-electron chi connectivity index (χ4n) is 3.10. The van der Waals surface area contributed by atoms with Crippen molar-refractivity contribution in [2.24, 2.45) is 0 Å². The van der Waals surface area contributed by atoms with Gasteiger partial charge in [-0.2, -0.15) is 0 Å². The Morgan fingerprint density at radius 3 is 2.57 bits per heavy atom. The van der Waals surface area contributed by atoms with E-state index in [1.54, 1.807) is 62.9 Å². The van der Waals surface area contributed by atoms with E-state index < -0.39 is 6.36 Å². The lowest BCUT2D eigenvalue weighted by atomic mass is 10.2. The Hall–Kier alpha value is -4.41. The van der Waals surface area contributed by atoms with Crippen LogP contribution in [0.25, 0.3) is 22.3 Å². The van der Waals surface area contributed by atoms with E-state index in [0.29, 0.717) is 39.5 Å². The number of halogens is 3. The summed E-state index contributed by atoms with van der Waals surface area (Å²) in [6.45, 7) is -0.160. The quantitative estimate of drug-likeness (QED) is 0.404. The summed E-state index contributed by atoms with van der Waals surface area (Å²) in [5.41, 5.74) is 1.52. The number of nitrogens with zero attached hydrogens (tertiary/aromatic N) is 4. The zero-order chi connectivity index (χ0) is 25.0. The number of alkyl halides is 3. The van der Waals surface area contributed by atoms with Gasteiger partial charge in [-0.05, 0) is 42.5 Å². The van der Waals surface area contributed by atoms with Crippen molar-refractivity contribution in [2.45, 2.75) is 6.36 Å².